The zero-order chi connectivity index (χ0) is 25.3. The second-order valence-corrected chi connectivity index (χ2v) is 13.2. The molecule has 1 aromatic heterocycles. The van der Waals surface area contributed by atoms with Crippen LogP contribution in [0, 0.1) is 46.2 Å². The molecule has 8 unspecified atom stereocenters. The van der Waals surface area contributed by atoms with Crippen LogP contribution in [-0.2, 0) is 16.1 Å². The molecule has 4 fully saturated rings. The molecule has 1 aromatic carbocycles. The van der Waals surface area contributed by atoms with Gasteiger partial charge in [0.25, 0.3) is 0 Å². The molecular formula is C30H41FN2O3. The van der Waals surface area contributed by atoms with Gasteiger partial charge in [-0.2, -0.15) is 5.10 Å². The van der Waals surface area contributed by atoms with Crippen LogP contribution in [0.2, 0.25) is 0 Å². The van der Waals surface area contributed by atoms with Gasteiger partial charge in [0.1, 0.15) is 12.4 Å². The largest absolute Gasteiger partial charge is 0.390 e. The Morgan fingerprint density at radius 3 is 2.78 bits per heavy atom. The molecule has 1 N–H and O–H groups in total. The molecule has 6 heteroatoms. The fourth-order valence-corrected chi connectivity index (χ4v) is 9.75. The number of aromatic nitrogens is 2. The van der Waals surface area contributed by atoms with Crippen molar-refractivity contribution < 1.29 is 19.0 Å². The van der Waals surface area contributed by atoms with Gasteiger partial charge in [0.2, 0.25) is 0 Å². The molecule has 4 aliphatic rings. The van der Waals surface area contributed by atoms with E-state index in [1.54, 1.807) is 16.9 Å². The Labute approximate surface area is 213 Å². The van der Waals surface area contributed by atoms with Crippen LogP contribution in [0.5, 0.6) is 0 Å². The third kappa shape index (κ3) is 3.69. The quantitative estimate of drug-likeness (QED) is 0.570. The maximum absolute atomic E-state index is 13.7. The van der Waals surface area contributed by atoms with E-state index >= 15 is 0 Å². The van der Waals surface area contributed by atoms with Gasteiger partial charge in [-0.1, -0.05) is 6.92 Å². The molecule has 0 saturated heterocycles. The van der Waals surface area contributed by atoms with E-state index in [2.05, 4.69) is 12.0 Å². The molecule has 0 radical (unpaired) electrons. The van der Waals surface area contributed by atoms with Gasteiger partial charge in [0.05, 0.1) is 23.9 Å². The van der Waals surface area contributed by atoms with Crippen LogP contribution < -0.4 is 0 Å². The summed E-state index contributed by atoms with van der Waals surface area (Å²) in [5.74, 6) is 2.44. The lowest BCUT2D eigenvalue weighted by Crippen LogP contribution is -2.58. The zero-order valence-corrected chi connectivity index (χ0v) is 22.0. The summed E-state index contributed by atoms with van der Waals surface area (Å²) in [5, 5.41) is 16.0. The molecule has 4 aliphatic carbocycles. The van der Waals surface area contributed by atoms with Gasteiger partial charge < -0.3 is 9.84 Å². The minimum absolute atomic E-state index is 0.0363. The standard InChI is InChI=1S/C30H41FN2O3/c1-28(35)12-13-30(18-36-3)20(15-28)4-6-22-23-7-8-25(29(23,2)11-10-24(22)30)27(34)17-33-26-9-5-21(31)14-19(26)16-32-33/h5,9,14,16,20,22-25,35H,4,6-8,10-13,15,17-18H2,1-3H3. The van der Waals surface area contributed by atoms with Crippen molar-refractivity contribution in [1.29, 1.82) is 0 Å². The first kappa shape index (κ1) is 24.5. The van der Waals surface area contributed by atoms with E-state index in [1.807, 2.05) is 14.0 Å². The van der Waals surface area contributed by atoms with Gasteiger partial charge in [0, 0.05) is 18.4 Å². The van der Waals surface area contributed by atoms with E-state index in [1.165, 1.54) is 25.0 Å². The highest BCUT2D eigenvalue weighted by atomic mass is 19.1. The monoisotopic (exact) mass is 496 g/mol. The summed E-state index contributed by atoms with van der Waals surface area (Å²) in [6, 6.07) is 4.65. The summed E-state index contributed by atoms with van der Waals surface area (Å²) >= 11 is 0. The van der Waals surface area contributed by atoms with Crippen LogP contribution >= 0.6 is 0 Å². The molecule has 8 atom stereocenters. The summed E-state index contributed by atoms with van der Waals surface area (Å²) in [6.45, 7) is 5.47. The molecule has 0 spiro atoms. The normalized spacial score (nSPS) is 42.1. The van der Waals surface area contributed by atoms with Gasteiger partial charge in [0.15, 0.2) is 5.78 Å². The van der Waals surface area contributed by atoms with Crippen molar-refractivity contribution in [3.05, 3.63) is 30.2 Å². The number of hydrogen-bond donors (Lipinski definition) is 1. The first-order valence-electron chi connectivity index (χ1n) is 14.0. The van der Waals surface area contributed by atoms with Crippen molar-refractivity contribution in [3.8, 4) is 0 Å². The van der Waals surface area contributed by atoms with Crippen LogP contribution in [0.4, 0.5) is 4.39 Å². The number of fused-ring (bicyclic) bond motifs is 6. The van der Waals surface area contributed by atoms with Crippen LogP contribution in [0.1, 0.15) is 71.6 Å². The second kappa shape index (κ2) is 8.62. The van der Waals surface area contributed by atoms with Crippen molar-refractivity contribution in [3.63, 3.8) is 0 Å². The lowest BCUT2D eigenvalue weighted by Gasteiger charge is -2.62. The van der Waals surface area contributed by atoms with Crippen LogP contribution in [0.15, 0.2) is 24.4 Å². The minimum Gasteiger partial charge on any atom is -0.390 e. The van der Waals surface area contributed by atoms with Crippen molar-refractivity contribution in [2.24, 2.45) is 40.4 Å². The number of methoxy groups -OCH3 is 1. The number of ether oxygens (including phenoxy) is 1. The van der Waals surface area contributed by atoms with Crippen molar-refractivity contribution in [1.82, 2.24) is 9.78 Å². The molecule has 0 aliphatic heterocycles. The summed E-state index contributed by atoms with van der Waals surface area (Å²) < 4.78 is 21.3. The molecule has 196 valence electrons. The lowest BCUT2D eigenvalue weighted by atomic mass is 9.43. The number of rotatable bonds is 5. The number of nitrogens with zero attached hydrogens (tertiary/aromatic N) is 2. The molecular weight excluding hydrogens is 455 g/mol. The highest BCUT2D eigenvalue weighted by molar-refractivity contribution is 5.85. The smallest absolute Gasteiger partial charge is 0.157 e. The zero-order valence-electron chi connectivity index (χ0n) is 22.0. The Morgan fingerprint density at radius 2 is 1.97 bits per heavy atom. The fourth-order valence-electron chi connectivity index (χ4n) is 9.75. The summed E-state index contributed by atoms with van der Waals surface area (Å²) in [7, 11) is 1.84. The number of Topliss-reactive ketones (excluding diaryl/α,β-unsaturated/α-hetero) is 1. The first-order chi connectivity index (χ1) is 17.2. The summed E-state index contributed by atoms with van der Waals surface area (Å²) in [5.41, 5.74) is 0.480. The molecule has 0 amide bonds. The Balaban J connectivity index is 1.23. The molecule has 0 bridgehead atoms. The predicted octanol–water partition coefficient (Wildman–Crippen LogP) is 5.78. The van der Waals surface area contributed by atoms with Gasteiger partial charge >= 0.3 is 0 Å². The fraction of sp³-hybridized carbons (Fsp3) is 0.733. The molecule has 4 saturated carbocycles. The number of halogens is 1. The molecule has 36 heavy (non-hydrogen) atoms. The predicted molar refractivity (Wildman–Crippen MR) is 137 cm³/mol. The van der Waals surface area contributed by atoms with E-state index in [0.29, 0.717) is 23.7 Å². The average Bonchev–Trinajstić information content (AvgIpc) is 3.39. The molecule has 1 heterocycles. The van der Waals surface area contributed by atoms with Gasteiger partial charge in [-0.3, -0.25) is 9.48 Å². The first-order valence-corrected chi connectivity index (χ1v) is 14.0. The average molecular weight is 497 g/mol. The number of ketones is 1. The lowest BCUT2D eigenvalue weighted by molar-refractivity contribution is -0.175. The number of aliphatic hydroxyl groups is 1. The van der Waals surface area contributed by atoms with E-state index < -0.39 is 5.60 Å². The van der Waals surface area contributed by atoms with E-state index in [9.17, 15) is 14.3 Å². The van der Waals surface area contributed by atoms with Crippen molar-refractivity contribution in [2.75, 3.05) is 13.7 Å². The Hall–Kier alpha value is -1.79. The SMILES string of the molecule is COCC12CCC(C)(O)CC1CCC1C3CCC(C(=O)Cn4ncc5cc(F)ccc54)C3(C)CCC12. The van der Waals surface area contributed by atoms with Crippen LogP contribution in [0.25, 0.3) is 10.9 Å². The Morgan fingerprint density at radius 1 is 1.14 bits per heavy atom. The summed E-state index contributed by atoms with van der Waals surface area (Å²) in [6.07, 6.45) is 11.2. The number of hydrogen-bond acceptors (Lipinski definition) is 4. The summed E-state index contributed by atoms with van der Waals surface area (Å²) in [4.78, 5) is 13.7. The molecule has 2 aromatic rings. The third-order valence-corrected chi connectivity index (χ3v) is 11.4. The maximum Gasteiger partial charge on any atom is 0.157 e. The van der Waals surface area contributed by atoms with Gasteiger partial charge in [-0.15, -0.1) is 0 Å². The topological polar surface area (TPSA) is 64.3 Å². The number of benzene rings is 1. The molecule has 5 nitrogen and oxygen atoms in total. The van der Waals surface area contributed by atoms with Crippen molar-refractivity contribution >= 4 is 16.7 Å². The maximum atomic E-state index is 13.7. The van der Waals surface area contributed by atoms with Gasteiger partial charge in [-0.25, -0.2) is 4.39 Å². The Bertz CT molecular complexity index is 1160. The van der Waals surface area contributed by atoms with E-state index in [0.717, 1.165) is 62.5 Å². The highest BCUT2D eigenvalue weighted by Crippen LogP contribution is 2.68. The molecule has 6 rings (SSSR count). The number of carbonyl (C=O) groups is 1. The van der Waals surface area contributed by atoms with Crippen LogP contribution in [-0.4, -0.2) is 40.0 Å². The Kier molecular flexibility index (Phi) is 5.88. The highest BCUT2D eigenvalue weighted by Gasteiger charge is 2.63. The third-order valence-electron chi connectivity index (χ3n) is 11.4. The van der Waals surface area contributed by atoms with Crippen molar-refractivity contribution in [2.45, 2.75) is 83.8 Å². The minimum atomic E-state index is -0.550. The van der Waals surface area contributed by atoms with Crippen LogP contribution in [0.3, 0.4) is 0 Å². The van der Waals surface area contributed by atoms with E-state index in [4.69, 9.17) is 4.74 Å². The number of carbonyl (C=O) groups excluding carboxylic acids is 1. The van der Waals surface area contributed by atoms with E-state index in [-0.39, 0.29) is 34.9 Å². The van der Waals surface area contributed by atoms with Gasteiger partial charge in [-0.05, 0) is 117 Å². The second-order valence-electron chi connectivity index (χ2n) is 13.2.